The smallest absolute Gasteiger partial charge is 0.166 e. The van der Waals surface area contributed by atoms with Gasteiger partial charge in [0.25, 0.3) is 0 Å². The fourth-order valence-corrected chi connectivity index (χ4v) is 1.68. The van der Waals surface area contributed by atoms with E-state index in [4.69, 9.17) is 0 Å². The molecule has 0 radical (unpaired) electrons. The van der Waals surface area contributed by atoms with Crippen LogP contribution in [0.5, 0.6) is 0 Å². The lowest BCUT2D eigenvalue weighted by molar-refractivity contribution is -0.0982. The topological polar surface area (TPSA) is 0 Å². The second-order valence-corrected chi connectivity index (χ2v) is 4.39. The van der Waals surface area contributed by atoms with Gasteiger partial charge in [-0.05, 0) is 24.6 Å². The molecule has 1 aliphatic rings. The Bertz CT molecular complexity index is 470. The molecular weight excluding hydrogens is 270 g/mol. The summed E-state index contributed by atoms with van der Waals surface area (Å²) in [5.41, 5.74) is -2.12. The zero-order chi connectivity index (χ0) is 15.0. The Hall–Kier alpha value is -1.46. The molecule has 0 saturated carbocycles. The third-order valence-corrected chi connectivity index (χ3v) is 2.69. The van der Waals surface area contributed by atoms with Gasteiger partial charge in [0.15, 0.2) is 0 Å². The van der Waals surface area contributed by atoms with Crippen LogP contribution in [-0.4, -0.2) is 12.4 Å². The highest BCUT2D eigenvalue weighted by molar-refractivity contribution is 5.49. The first-order chi connectivity index (χ1) is 8.43. The van der Waals surface area contributed by atoms with Gasteiger partial charge in [0.2, 0.25) is 0 Å². The zero-order valence-electron chi connectivity index (χ0n) is 10.3. The molecule has 0 nitrogen and oxygen atoms in total. The zero-order valence-corrected chi connectivity index (χ0v) is 10.3. The summed E-state index contributed by atoms with van der Waals surface area (Å²) in [7, 11) is 0. The van der Waals surface area contributed by atoms with Crippen LogP contribution < -0.4 is 0 Å². The minimum absolute atomic E-state index is 0.144. The largest absolute Gasteiger partial charge is 0.416 e. The first-order valence-electron chi connectivity index (χ1n) is 5.38. The molecule has 0 bridgehead atoms. The summed E-state index contributed by atoms with van der Waals surface area (Å²) in [4.78, 5) is 0. The molecule has 0 aliphatic heterocycles. The van der Waals surface area contributed by atoms with Crippen molar-refractivity contribution < 1.29 is 26.3 Å². The molecule has 1 unspecified atom stereocenters. The van der Waals surface area contributed by atoms with E-state index >= 15 is 0 Å². The molecule has 0 aromatic carbocycles. The monoisotopic (exact) mass is 282 g/mol. The first kappa shape index (κ1) is 15.6. The van der Waals surface area contributed by atoms with E-state index in [0.717, 1.165) is 13.0 Å². The van der Waals surface area contributed by atoms with Gasteiger partial charge >= 0.3 is 12.4 Å². The van der Waals surface area contributed by atoms with Crippen LogP contribution in [0, 0.1) is 5.92 Å². The fraction of sp³-hybridized carbons (Fsp3) is 0.385. The average Bonchev–Trinajstić information content (AvgIpc) is 2.35. The highest BCUT2D eigenvalue weighted by atomic mass is 19.4. The Balaban J connectivity index is 3.43. The summed E-state index contributed by atoms with van der Waals surface area (Å²) in [5, 5.41) is 0. The molecule has 0 aromatic rings. The standard InChI is InChI=1S/C13H12F6/c1-7(2)9-5-10(12(14,15)16)4-8(3)11(6-9)13(17,18)19/h4-6,8H,1H2,2-3H3. The molecule has 0 amide bonds. The number of hydrogen-bond acceptors (Lipinski definition) is 0. The van der Waals surface area contributed by atoms with E-state index in [1.54, 1.807) is 0 Å². The van der Waals surface area contributed by atoms with Crippen molar-refractivity contribution in [2.24, 2.45) is 5.92 Å². The molecular formula is C13H12F6. The molecule has 1 rings (SSSR count). The molecule has 0 aromatic heterocycles. The molecule has 19 heavy (non-hydrogen) atoms. The summed E-state index contributed by atoms with van der Waals surface area (Å²) < 4.78 is 76.5. The van der Waals surface area contributed by atoms with Crippen molar-refractivity contribution in [1.82, 2.24) is 0 Å². The summed E-state index contributed by atoms with van der Waals surface area (Å²) in [6, 6.07) is 0. The maximum atomic E-state index is 12.8. The SMILES string of the molecule is C=C(C)C1=CC(C(F)(F)F)=CC(C)C(C(F)(F)F)=C1. The first-order valence-corrected chi connectivity index (χ1v) is 5.38. The van der Waals surface area contributed by atoms with E-state index in [2.05, 4.69) is 6.58 Å². The van der Waals surface area contributed by atoms with Gasteiger partial charge in [-0.25, -0.2) is 0 Å². The normalized spacial score (nSPS) is 21.3. The van der Waals surface area contributed by atoms with E-state index in [-0.39, 0.29) is 11.1 Å². The van der Waals surface area contributed by atoms with Crippen molar-refractivity contribution >= 4 is 0 Å². The molecule has 106 valence electrons. The number of allylic oxidation sites excluding steroid dienone is 7. The lowest BCUT2D eigenvalue weighted by Gasteiger charge is -2.16. The van der Waals surface area contributed by atoms with Gasteiger partial charge in [0.05, 0.1) is 5.57 Å². The molecule has 0 N–H and O–H groups in total. The van der Waals surface area contributed by atoms with Crippen LogP contribution in [0.2, 0.25) is 0 Å². The lowest BCUT2D eigenvalue weighted by atomic mass is 9.98. The quantitative estimate of drug-likeness (QED) is 0.586. The highest BCUT2D eigenvalue weighted by Crippen LogP contribution is 2.39. The fourth-order valence-electron chi connectivity index (χ4n) is 1.68. The predicted molar refractivity (Wildman–Crippen MR) is 60.3 cm³/mol. The lowest BCUT2D eigenvalue weighted by Crippen LogP contribution is -2.18. The summed E-state index contributed by atoms with van der Waals surface area (Å²) in [6.45, 7) is 5.85. The Morgan fingerprint density at radius 3 is 1.95 bits per heavy atom. The van der Waals surface area contributed by atoms with Gasteiger partial charge in [-0.1, -0.05) is 25.2 Å². The van der Waals surface area contributed by atoms with Gasteiger partial charge in [-0.15, -0.1) is 0 Å². The molecule has 0 fully saturated rings. The van der Waals surface area contributed by atoms with Crippen LogP contribution in [-0.2, 0) is 0 Å². The van der Waals surface area contributed by atoms with Gasteiger partial charge in [-0.2, -0.15) is 26.3 Å². The summed E-state index contributed by atoms with van der Waals surface area (Å²) >= 11 is 0. The third-order valence-electron chi connectivity index (χ3n) is 2.69. The van der Waals surface area contributed by atoms with Crippen molar-refractivity contribution in [3.05, 3.63) is 47.1 Å². The van der Waals surface area contributed by atoms with E-state index in [1.165, 1.54) is 6.92 Å². The van der Waals surface area contributed by atoms with Crippen LogP contribution in [0.1, 0.15) is 13.8 Å². The number of halogens is 6. The molecule has 6 heteroatoms. The van der Waals surface area contributed by atoms with E-state index in [1.807, 2.05) is 0 Å². The number of alkyl halides is 6. The Morgan fingerprint density at radius 2 is 1.58 bits per heavy atom. The maximum absolute atomic E-state index is 12.8. The van der Waals surface area contributed by atoms with Gasteiger partial charge in [0.1, 0.15) is 0 Å². The Morgan fingerprint density at radius 1 is 1.05 bits per heavy atom. The Kier molecular flexibility index (Phi) is 4.03. The van der Waals surface area contributed by atoms with E-state index in [0.29, 0.717) is 12.2 Å². The Labute approximate surface area is 106 Å². The minimum Gasteiger partial charge on any atom is -0.166 e. The minimum atomic E-state index is -4.69. The van der Waals surface area contributed by atoms with Crippen molar-refractivity contribution in [3.63, 3.8) is 0 Å². The van der Waals surface area contributed by atoms with E-state index in [9.17, 15) is 26.3 Å². The van der Waals surface area contributed by atoms with Crippen LogP contribution in [0.15, 0.2) is 47.1 Å². The average molecular weight is 282 g/mol. The summed E-state index contributed by atoms with van der Waals surface area (Å²) in [6.07, 6.45) is -7.37. The van der Waals surface area contributed by atoms with Crippen LogP contribution in [0.3, 0.4) is 0 Å². The van der Waals surface area contributed by atoms with Crippen molar-refractivity contribution in [2.45, 2.75) is 26.2 Å². The van der Waals surface area contributed by atoms with Crippen molar-refractivity contribution in [2.75, 3.05) is 0 Å². The van der Waals surface area contributed by atoms with Crippen LogP contribution in [0.25, 0.3) is 0 Å². The van der Waals surface area contributed by atoms with Crippen LogP contribution >= 0.6 is 0 Å². The highest BCUT2D eigenvalue weighted by Gasteiger charge is 2.40. The maximum Gasteiger partial charge on any atom is 0.416 e. The third kappa shape index (κ3) is 3.75. The predicted octanol–water partition coefficient (Wildman–Crippen LogP) is 5.12. The summed E-state index contributed by atoms with van der Waals surface area (Å²) in [5.74, 6) is -1.37. The molecule has 0 heterocycles. The second-order valence-electron chi connectivity index (χ2n) is 4.39. The molecule has 1 aliphatic carbocycles. The molecule has 0 saturated heterocycles. The number of rotatable bonds is 1. The molecule has 1 atom stereocenters. The van der Waals surface area contributed by atoms with Crippen LogP contribution in [0.4, 0.5) is 26.3 Å². The van der Waals surface area contributed by atoms with Gasteiger partial charge in [-0.3, -0.25) is 0 Å². The van der Waals surface area contributed by atoms with Crippen molar-refractivity contribution in [1.29, 1.82) is 0 Å². The number of hydrogen-bond donors (Lipinski definition) is 0. The van der Waals surface area contributed by atoms with Gasteiger partial charge in [0, 0.05) is 11.5 Å². The second kappa shape index (κ2) is 4.90. The molecule has 0 spiro atoms. The van der Waals surface area contributed by atoms with Gasteiger partial charge < -0.3 is 0 Å². The van der Waals surface area contributed by atoms with E-state index < -0.39 is 29.4 Å². The van der Waals surface area contributed by atoms with Crippen molar-refractivity contribution in [3.8, 4) is 0 Å².